The molecule has 7 nitrogen and oxygen atoms in total. The first-order chi connectivity index (χ1) is 12.6. The first-order valence-corrected chi connectivity index (χ1v) is 12.2. The number of sulfonamides is 1. The predicted molar refractivity (Wildman–Crippen MR) is 107 cm³/mol. The van der Waals surface area contributed by atoms with Crippen LogP contribution in [0, 0.1) is 0 Å². The van der Waals surface area contributed by atoms with Crippen molar-refractivity contribution < 1.29 is 16.8 Å². The first kappa shape index (κ1) is 19.5. The maximum Gasteiger partial charge on any atom is 0.238 e. The van der Waals surface area contributed by atoms with Gasteiger partial charge in [-0.15, -0.1) is 11.3 Å². The zero-order valence-corrected chi connectivity index (χ0v) is 16.7. The van der Waals surface area contributed by atoms with Crippen LogP contribution in [-0.4, -0.2) is 28.1 Å². The van der Waals surface area contributed by atoms with Crippen molar-refractivity contribution in [2.75, 3.05) is 11.6 Å². The van der Waals surface area contributed by atoms with E-state index in [0.29, 0.717) is 22.0 Å². The molecule has 10 heteroatoms. The summed E-state index contributed by atoms with van der Waals surface area (Å²) in [6.07, 6.45) is 1.19. The third-order valence-corrected chi connectivity index (χ3v) is 6.19. The van der Waals surface area contributed by atoms with Crippen LogP contribution in [0.5, 0.6) is 0 Å². The Morgan fingerprint density at radius 3 is 2.33 bits per heavy atom. The number of rotatable bonds is 6. The van der Waals surface area contributed by atoms with Crippen molar-refractivity contribution in [3.8, 4) is 11.3 Å². The van der Waals surface area contributed by atoms with Gasteiger partial charge < -0.3 is 5.32 Å². The number of sulfone groups is 1. The minimum Gasteiger partial charge on any atom is -0.332 e. The number of aromatic nitrogens is 1. The fraction of sp³-hybridized carbons (Fsp3) is 0.118. The third-order valence-electron chi connectivity index (χ3n) is 3.61. The van der Waals surface area contributed by atoms with Gasteiger partial charge in [-0.05, 0) is 23.8 Å². The third kappa shape index (κ3) is 5.13. The maximum absolute atomic E-state index is 11.8. The lowest BCUT2D eigenvalue weighted by Crippen LogP contribution is -2.13. The van der Waals surface area contributed by atoms with Crippen LogP contribution in [0.3, 0.4) is 0 Å². The number of benzene rings is 2. The number of thiazole rings is 1. The molecule has 142 valence electrons. The van der Waals surface area contributed by atoms with Gasteiger partial charge in [0.25, 0.3) is 0 Å². The fourth-order valence-electron chi connectivity index (χ4n) is 2.49. The molecule has 0 aliphatic carbocycles. The second kappa shape index (κ2) is 7.39. The predicted octanol–water partition coefficient (Wildman–Crippen LogP) is 2.75. The largest absolute Gasteiger partial charge is 0.332 e. The van der Waals surface area contributed by atoms with E-state index in [1.54, 1.807) is 47.8 Å². The summed E-state index contributed by atoms with van der Waals surface area (Å²) in [6, 6.07) is 13.4. The summed E-state index contributed by atoms with van der Waals surface area (Å²) in [5, 5.41) is 10.7. The lowest BCUT2D eigenvalue weighted by molar-refractivity contribution is 0.597. The molecular weight excluding hydrogens is 406 g/mol. The molecule has 0 radical (unpaired) electrons. The van der Waals surface area contributed by atoms with Crippen molar-refractivity contribution in [2.24, 2.45) is 5.14 Å². The normalized spacial score (nSPS) is 12.1. The van der Waals surface area contributed by atoms with Crippen LogP contribution in [0.25, 0.3) is 11.3 Å². The SMILES string of the molecule is CS(=O)(=O)Cc1ccc(Nc2nc(-c3ccccc3S(N)(=O)=O)cs2)cc1. The van der Waals surface area contributed by atoms with Gasteiger partial charge in [-0.25, -0.2) is 27.0 Å². The lowest BCUT2D eigenvalue weighted by Gasteiger charge is -2.05. The molecule has 2 aromatic carbocycles. The molecule has 3 rings (SSSR count). The number of nitrogens with zero attached hydrogens (tertiary/aromatic N) is 1. The van der Waals surface area contributed by atoms with E-state index in [4.69, 9.17) is 5.14 Å². The van der Waals surface area contributed by atoms with Crippen LogP contribution < -0.4 is 10.5 Å². The Kier molecular flexibility index (Phi) is 5.33. The minimum atomic E-state index is -3.86. The van der Waals surface area contributed by atoms with Crippen molar-refractivity contribution in [1.29, 1.82) is 0 Å². The first-order valence-electron chi connectivity index (χ1n) is 7.73. The number of hydrogen-bond donors (Lipinski definition) is 2. The van der Waals surface area contributed by atoms with Crippen molar-refractivity contribution in [3.63, 3.8) is 0 Å². The van der Waals surface area contributed by atoms with Gasteiger partial charge in [0.15, 0.2) is 15.0 Å². The van der Waals surface area contributed by atoms with E-state index in [1.165, 1.54) is 23.7 Å². The summed E-state index contributed by atoms with van der Waals surface area (Å²) in [7, 11) is -6.94. The monoisotopic (exact) mass is 423 g/mol. The number of nitrogens with one attached hydrogen (secondary N) is 1. The molecule has 3 aromatic rings. The number of nitrogens with two attached hydrogens (primary N) is 1. The Balaban J connectivity index is 1.82. The van der Waals surface area contributed by atoms with Gasteiger partial charge in [0.1, 0.15) is 0 Å². The maximum atomic E-state index is 11.8. The van der Waals surface area contributed by atoms with E-state index < -0.39 is 19.9 Å². The lowest BCUT2D eigenvalue weighted by atomic mass is 10.2. The van der Waals surface area contributed by atoms with Crippen LogP contribution in [0.4, 0.5) is 10.8 Å². The molecule has 0 spiro atoms. The highest BCUT2D eigenvalue weighted by Gasteiger charge is 2.16. The van der Waals surface area contributed by atoms with E-state index in [1.807, 2.05) is 0 Å². The molecule has 3 N–H and O–H groups in total. The summed E-state index contributed by atoms with van der Waals surface area (Å²) in [4.78, 5) is 4.44. The molecule has 0 amide bonds. The van der Waals surface area contributed by atoms with E-state index in [0.717, 1.165) is 5.69 Å². The fourth-order valence-corrected chi connectivity index (χ4v) is 4.77. The Hall–Kier alpha value is -2.27. The van der Waals surface area contributed by atoms with Crippen LogP contribution >= 0.6 is 11.3 Å². The van der Waals surface area contributed by atoms with E-state index in [9.17, 15) is 16.8 Å². The second-order valence-corrected chi connectivity index (χ2v) is 10.5. The summed E-state index contributed by atoms with van der Waals surface area (Å²) < 4.78 is 46.2. The molecular formula is C17H17N3O4S3. The molecule has 0 saturated heterocycles. The minimum absolute atomic E-state index is 0.0149. The average molecular weight is 424 g/mol. The standard InChI is InChI=1S/C17H17N3O4S3/c1-26(21,22)11-12-6-8-13(9-7-12)19-17-20-15(10-25-17)14-4-2-3-5-16(14)27(18,23)24/h2-10H,11H2,1H3,(H,19,20)(H2,18,23,24). The molecule has 0 saturated carbocycles. The smallest absolute Gasteiger partial charge is 0.238 e. The highest BCUT2D eigenvalue weighted by Crippen LogP contribution is 2.30. The molecule has 0 bridgehead atoms. The Bertz CT molecular complexity index is 1170. The van der Waals surface area contributed by atoms with Gasteiger partial charge in [-0.1, -0.05) is 30.3 Å². The average Bonchev–Trinajstić information content (AvgIpc) is 3.03. The number of hydrogen-bond acceptors (Lipinski definition) is 7. The van der Waals surface area contributed by atoms with Crippen LogP contribution in [0.15, 0.2) is 58.8 Å². The van der Waals surface area contributed by atoms with Crippen molar-refractivity contribution in [2.45, 2.75) is 10.6 Å². The van der Waals surface area contributed by atoms with Crippen molar-refractivity contribution >= 4 is 42.0 Å². The molecule has 27 heavy (non-hydrogen) atoms. The van der Waals surface area contributed by atoms with Crippen LogP contribution in [0.2, 0.25) is 0 Å². The van der Waals surface area contributed by atoms with E-state index >= 15 is 0 Å². The summed E-state index contributed by atoms with van der Waals surface area (Å²) in [6.45, 7) is 0. The van der Waals surface area contributed by atoms with Crippen molar-refractivity contribution in [3.05, 3.63) is 59.5 Å². The molecule has 0 fully saturated rings. The van der Waals surface area contributed by atoms with Gasteiger partial charge >= 0.3 is 0 Å². The zero-order valence-electron chi connectivity index (χ0n) is 14.3. The molecule has 0 atom stereocenters. The molecule has 1 heterocycles. The molecule has 0 unspecified atom stereocenters. The van der Waals surface area contributed by atoms with Gasteiger partial charge in [0.05, 0.1) is 16.3 Å². The number of primary sulfonamides is 1. The Labute approximate surface area is 161 Å². The van der Waals surface area contributed by atoms with Crippen molar-refractivity contribution in [1.82, 2.24) is 4.98 Å². The highest BCUT2D eigenvalue weighted by molar-refractivity contribution is 7.90. The van der Waals surface area contributed by atoms with E-state index in [-0.39, 0.29) is 10.6 Å². The highest BCUT2D eigenvalue weighted by atomic mass is 32.2. The molecule has 0 aliphatic rings. The Morgan fingerprint density at radius 2 is 1.70 bits per heavy atom. The zero-order chi connectivity index (χ0) is 19.7. The Morgan fingerprint density at radius 1 is 1.04 bits per heavy atom. The van der Waals surface area contributed by atoms with E-state index in [2.05, 4.69) is 10.3 Å². The quantitative estimate of drug-likeness (QED) is 0.629. The summed E-state index contributed by atoms with van der Waals surface area (Å²) >= 11 is 1.32. The van der Waals surface area contributed by atoms with Crippen LogP contribution in [0.1, 0.15) is 5.56 Å². The van der Waals surface area contributed by atoms with Gasteiger partial charge in [0.2, 0.25) is 10.0 Å². The topological polar surface area (TPSA) is 119 Å². The summed E-state index contributed by atoms with van der Waals surface area (Å²) in [5.74, 6) is -0.0149. The number of anilines is 2. The van der Waals surface area contributed by atoms with Gasteiger partial charge in [0, 0.05) is 22.9 Å². The summed E-state index contributed by atoms with van der Waals surface area (Å²) in [5.41, 5.74) is 2.38. The molecule has 0 aliphatic heterocycles. The van der Waals surface area contributed by atoms with Gasteiger partial charge in [-0.3, -0.25) is 0 Å². The second-order valence-electron chi connectivity index (χ2n) is 5.97. The van der Waals surface area contributed by atoms with Crippen LogP contribution in [-0.2, 0) is 25.6 Å². The molecule has 1 aromatic heterocycles. The van der Waals surface area contributed by atoms with Gasteiger partial charge in [-0.2, -0.15) is 0 Å².